The van der Waals surface area contributed by atoms with Crippen molar-refractivity contribution < 1.29 is 4.79 Å². The predicted octanol–water partition coefficient (Wildman–Crippen LogP) is 3.53. The van der Waals surface area contributed by atoms with Gasteiger partial charge in [-0.15, -0.1) is 11.3 Å². The summed E-state index contributed by atoms with van der Waals surface area (Å²) in [5, 5.41) is 5.08. The van der Waals surface area contributed by atoms with E-state index in [4.69, 9.17) is 5.73 Å². The van der Waals surface area contributed by atoms with Crippen molar-refractivity contribution in [2.75, 3.05) is 5.73 Å². The zero-order valence-corrected chi connectivity index (χ0v) is 12.5. The number of hydrogen-bond donors (Lipinski definition) is 2. The first-order chi connectivity index (χ1) is 9.65. The van der Waals surface area contributed by atoms with Gasteiger partial charge in [-0.1, -0.05) is 18.2 Å². The number of nitrogens with one attached hydrogen (secondary N) is 1. The van der Waals surface area contributed by atoms with Crippen molar-refractivity contribution in [3.05, 3.63) is 52.2 Å². The molecule has 0 radical (unpaired) electrons. The number of hydrogen-bond acceptors (Lipinski definition) is 3. The predicted molar refractivity (Wildman–Crippen MR) is 84.7 cm³/mol. The maximum absolute atomic E-state index is 11.9. The lowest BCUT2D eigenvalue weighted by Crippen LogP contribution is -2.26. The van der Waals surface area contributed by atoms with E-state index in [-0.39, 0.29) is 11.9 Å². The van der Waals surface area contributed by atoms with Crippen LogP contribution in [0.4, 0.5) is 5.69 Å². The Morgan fingerprint density at radius 3 is 2.90 bits per heavy atom. The van der Waals surface area contributed by atoms with Gasteiger partial charge < -0.3 is 11.1 Å². The Kier molecular flexibility index (Phi) is 5.18. The van der Waals surface area contributed by atoms with Crippen molar-refractivity contribution in [1.29, 1.82) is 0 Å². The summed E-state index contributed by atoms with van der Waals surface area (Å²) in [4.78, 5) is 13.2. The third-order valence-electron chi connectivity index (χ3n) is 3.20. The van der Waals surface area contributed by atoms with Crippen molar-refractivity contribution >= 4 is 22.9 Å². The average Bonchev–Trinajstić information content (AvgIpc) is 2.92. The molecule has 0 aliphatic rings. The van der Waals surface area contributed by atoms with Crippen molar-refractivity contribution in [2.24, 2.45) is 0 Å². The first-order valence-electron chi connectivity index (χ1n) is 6.82. The molecule has 0 spiro atoms. The second kappa shape index (κ2) is 7.10. The van der Waals surface area contributed by atoms with Crippen molar-refractivity contribution in [2.45, 2.75) is 32.2 Å². The molecule has 0 saturated carbocycles. The van der Waals surface area contributed by atoms with E-state index in [1.165, 1.54) is 4.88 Å². The van der Waals surface area contributed by atoms with Gasteiger partial charge in [0.05, 0.1) is 6.04 Å². The van der Waals surface area contributed by atoms with Crippen LogP contribution >= 0.6 is 11.3 Å². The summed E-state index contributed by atoms with van der Waals surface area (Å²) in [5.41, 5.74) is 7.51. The Bertz CT molecular complexity index is 551. The van der Waals surface area contributed by atoms with Crippen molar-refractivity contribution in [3.8, 4) is 0 Å². The highest BCUT2D eigenvalue weighted by Crippen LogP contribution is 2.16. The molecule has 0 aliphatic heterocycles. The maximum atomic E-state index is 11.9. The van der Waals surface area contributed by atoms with E-state index in [1.807, 2.05) is 37.3 Å². The van der Waals surface area contributed by atoms with E-state index in [2.05, 4.69) is 16.8 Å². The van der Waals surface area contributed by atoms with Crippen LogP contribution in [0, 0.1) is 0 Å². The molecule has 1 aromatic carbocycles. The largest absolute Gasteiger partial charge is 0.399 e. The number of rotatable bonds is 6. The van der Waals surface area contributed by atoms with E-state index >= 15 is 0 Å². The molecular formula is C16H20N2OS. The SMILES string of the molecule is CC(NC(=O)CCCc1cccs1)c1cccc(N)c1. The number of nitrogen functional groups attached to an aromatic ring is 1. The number of carbonyl (C=O) groups excluding carboxylic acids is 1. The van der Waals surface area contributed by atoms with Crippen LogP contribution in [0.25, 0.3) is 0 Å². The molecule has 3 N–H and O–H groups in total. The van der Waals surface area contributed by atoms with Crippen molar-refractivity contribution in [3.63, 3.8) is 0 Å². The van der Waals surface area contributed by atoms with E-state index in [9.17, 15) is 4.79 Å². The van der Waals surface area contributed by atoms with Crippen LogP contribution in [0.3, 0.4) is 0 Å². The molecule has 4 heteroatoms. The van der Waals surface area contributed by atoms with Crippen LogP contribution < -0.4 is 11.1 Å². The monoisotopic (exact) mass is 288 g/mol. The fourth-order valence-electron chi connectivity index (χ4n) is 2.10. The van der Waals surface area contributed by atoms with E-state index in [0.717, 1.165) is 24.1 Å². The van der Waals surface area contributed by atoms with Crippen LogP contribution in [0.15, 0.2) is 41.8 Å². The van der Waals surface area contributed by atoms with Crippen LogP contribution in [-0.2, 0) is 11.2 Å². The summed E-state index contributed by atoms with van der Waals surface area (Å²) in [6.45, 7) is 1.98. The van der Waals surface area contributed by atoms with E-state index in [0.29, 0.717) is 6.42 Å². The number of carbonyl (C=O) groups is 1. The number of anilines is 1. The van der Waals surface area contributed by atoms with Gasteiger partial charge in [0.2, 0.25) is 5.91 Å². The van der Waals surface area contributed by atoms with Gasteiger partial charge in [0.25, 0.3) is 0 Å². The van der Waals surface area contributed by atoms with Gasteiger partial charge in [0.15, 0.2) is 0 Å². The fourth-order valence-corrected chi connectivity index (χ4v) is 2.85. The second-order valence-electron chi connectivity index (χ2n) is 4.89. The van der Waals surface area contributed by atoms with Crippen LogP contribution in [-0.4, -0.2) is 5.91 Å². The standard InChI is InChI=1S/C16H20N2OS/c1-12(13-5-2-6-14(17)11-13)18-16(19)9-3-7-15-8-4-10-20-15/h2,4-6,8,10-12H,3,7,9,17H2,1H3,(H,18,19). The van der Waals surface area contributed by atoms with Gasteiger partial charge in [-0.3, -0.25) is 4.79 Å². The molecule has 2 rings (SSSR count). The highest BCUT2D eigenvalue weighted by molar-refractivity contribution is 7.09. The van der Waals surface area contributed by atoms with E-state index in [1.54, 1.807) is 11.3 Å². The third-order valence-corrected chi connectivity index (χ3v) is 4.13. The third kappa shape index (κ3) is 4.38. The van der Waals surface area contributed by atoms with Gasteiger partial charge in [-0.05, 0) is 48.9 Å². The first kappa shape index (κ1) is 14.6. The highest BCUT2D eigenvalue weighted by atomic mass is 32.1. The van der Waals surface area contributed by atoms with Crippen LogP contribution in [0.5, 0.6) is 0 Å². The summed E-state index contributed by atoms with van der Waals surface area (Å²) in [6.07, 6.45) is 2.41. The molecule has 0 aliphatic carbocycles. The molecule has 1 unspecified atom stereocenters. The molecule has 0 saturated heterocycles. The quantitative estimate of drug-likeness (QED) is 0.799. The molecule has 20 heavy (non-hydrogen) atoms. The zero-order valence-electron chi connectivity index (χ0n) is 11.6. The Morgan fingerprint density at radius 1 is 1.35 bits per heavy atom. The minimum atomic E-state index is -0.00672. The Balaban J connectivity index is 1.76. The minimum absolute atomic E-state index is 0.00672. The Hall–Kier alpha value is -1.81. The van der Waals surface area contributed by atoms with Gasteiger partial charge in [0, 0.05) is 17.0 Å². The number of amides is 1. The first-order valence-corrected chi connectivity index (χ1v) is 7.70. The highest BCUT2D eigenvalue weighted by Gasteiger charge is 2.09. The zero-order chi connectivity index (χ0) is 14.4. The fraction of sp³-hybridized carbons (Fsp3) is 0.312. The molecule has 1 heterocycles. The minimum Gasteiger partial charge on any atom is -0.399 e. The molecule has 0 fully saturated rings. The molecule has 1 aromatic heterocycles. The number of benzene rings is 1. The average molecular weight is 288 g/mol. The van der Waals surface area contributed by atoms with Crippen molar-refractivity contribution in [1.82, 2.24) is 5.32 Å². The van der Waals surface area contributed by atoms with E-state index < -0.39 is 0 Å². The summed E-state index contributed by atoms with van der Waals surface area (Å²) in [7, 11) is 0. The van der Waals surface area contributed by atoms with Crippen LogP contribution in [0.1, 0.15) is 36.2 Å². The molecular weight excluding hydrogens is 268 g/mol. The summed E-state index contributed by atoms with van der Waals surface area (Å²) >= 11 is 1.74. The van der Waals surface area contributed by atoms with Crippen LogP contribution in [0.2, 0.25) is 0 Å². The topological polar surface area (TPSA) is 55.1 Å². The Morgan fingerprint density at radius 2 is 2.20 bits per heavy atom. The van der Waals surface area contributed by atoms with Gasteiger partial charge in [-0.2, -0.15) is 0 Å². The summed E-state index contributed by atoms with van der Waals surface area (Å²) in [5.74, 6) is 0.0940. The van der Waals surface area contributed by atoms with Gasteiger partial charge >= 0.3 is 0 Å². The number of nitrogens with two attached hydrogens (primary N) is 1. The number of thiophene rings is 1. The van der Waals surface area contributed by atoms with Gasteiger partial charge in [0.1, 0.15) is 0 Å². The maximum Gasteiger partial charge on any atom is 0.220 e. The lowest BCUT2D eigenvalue weighted by atomic mass is 10.1. The molecule has 1 atom stereocenters. The molecule has 0 bridgehead atoms. The molecule has 106 valence electrons. The number of aryl methyl sites for hydroxylation is 1. The molecule has 1 amide bonds. The lowest BCUT2D eigenvalue weighted by molar-refractivity contribution is -0.121. The smallest absolute Gasteiger partial charge is 0.220 e. The summed E-state index contributed by atoms with van der Waals surface area (Å²) < 4.78 is 0. The molecule has 3 nitrogen and oxygen atoms in total. The van der Waals surface area contributed by atoms with Gasteiger partial charge in [-0.25, -0.2) is 0 Å². The lowest BCUT2D eigenvalue weighted by Gasteiger charge is -2.14. The second-order valence-corrected chi connectivity index (χ2v) is 5.92. The molecule has 2 aromatic rings. The Labute approximate surface area is 123 Å². The normalized spacial score (nSPS) is 12.1. The summed E-state index contributed by atoms with van der Waals surface area (Å²) in [6, 6.07) is 11.8.